The maximum atomic E-state index is 5.77. The molecule has 1 aliphatic heterocycles. The van der Waals surface area contributed by atoms with Gasteiger partial charge in [-0.3, -0.25) is 5.10 Å². The van der Waals surface area contributed by atoms with Gasteiger partial charge in [0.1, 0.15) is 0 Å². The molecule has 0 amide bonds. The summed E-state index contributed by atoms with van der Waals surface area (Å²) in [6.45, 7) is 4.84. The Morgan fingerprint density at radius 3 is 3.16 bits per heavy atom. The number of piperidine rings is 1. The second-order valence-electron chi connectivity index (χ2n) is 5.08. The highest BCUT2D eigenvalue weighted by Gasteiger charge is 2.22. The minimum absolute atomic E-state index is 0.569. The van der Waals surface area contributed by atoms with Gasteiger partial charge < -0.3 is 10.6 Å². The van der Waals surface area contributed by atoms with Gasteiger partial charge in [0.05, 0.1) is 4.88 Å². The molecule has 3 N–H and O–H groups in total. The van der Waals surface area contributed by atoms with Gasteiger partial charge in [-0.1, -0.05) is 0 Å². The van der Waals surface area contributed by atoms with Crippen LogP contribution in [0, 0.1) is 12.8 Å². The van der Waals surface area contributed by atoms with Crippen molar-refractivity contribution < 1.29 is 0 Å². The summed E-state index contributed by atoms with van der Waals surface area (Å²) < 4.78 is 0. The molecular weight excluding hydrogens is 258 g/mol. The van der Waals surface area contributed by atoms with Gasteiger partial charge in [-0.2, -0.15) is 4.98 Å². The molecule has 3 rings (SSSR count). The fraction of sp³-hybridized carbons (Fsp3) is 0.538. The summed E-state index contributed by atoms with van der Waals surface area (Å²) >= 11 is 1.73. The van der Waals surface area contributed by atoms with Crippen molar-refractivity contribution in [1.82, 2.24) is 15.2 Å². The number of aromatic amines is 1. The molecule has 3 heterocycles. The lowest BCUT2D eigenvalue weighted by atomic mass is 9.99. The van der Waals surface area contributed by atoms with E-state index >= 15 is 0 Å². The molecule has 6 heteroatoms. The minimum Gasteiger partial charge on any atom is -0.339 e. The summed E-state index contributed by atoms with van der Waals surface area (Å²) in [7, 11) is 0. The van der Waals surface area contributed by atoms with Crippen LogP contribution in [0.25, 0.3) is 10.7 Å². The number of thiophene rings is 1. The van der Waals surface area contributed by atoms with Crippen LogP contribution < -0.4 is 10.6 Å². The molecule has 1 saturated heterocycles. The highest BCUT2D eigenvalue weighted by atomic mass is 32.1. The molecule has 1 aliphatic rings. The van der Waals surface area contributed by atoms with Gasteiger partial charge >= 0.3 is 0 Å². The zero-order valence-electron chi connectivity index (χ0n) is 11.1. The largest absolute Gasteiger partial charge is 0.339 e. The monoisotopic (exact) mass is 277 g/mol. The normalized spacial score (nSPS) is 19.9. The Bertz CT molecular complexity index is 547. The smallest absolute Gasteiger partial charge is 0.245 e. The van der Waals surface area contributed by atoms with E-state index in [1.165, 1.54) is 17.7 Å². The molecule has 2 aromatic rings. The quantitative estimate of drug-likeness (QED) is 0.900. The van der Waals surface area contributed by atoms with Crippen LogP contribution in [0.15, 0.2) is 12.1 Å². The van der Waals surface area contributed by atoms with Crippen molar-refractivity contribution in [3.05, 3.63) is 17.0 Å². The topological polar surface area (TPSA) is 70.8 Å². The number of aromatic nitrogens is 3. The molecule has 1 unspecified atom stereocenters. The Balaban J connectivity index is 1.77. The molecule has 0 saturated carbocycles. The lowest BCUT2D eigenvalue weighted by Gasteiger charge is -2.31. The van der Waals surface area contributed by atoms with Crippen molar-refractivity contribution >= 4 is 17.3 Å². The van der Waals surface area contributed by atoms with Gasteiger partial charge in [0.25, 0.3) is 0 Å². The third-order valence-corrected chi connectivity index (χ3v) is 4.59. The Labute approximate surface area is 116 Å². The first kappa shape index (κ1) is 12.6. The summed E-state index contributed by atoms with van der Waals surface area (Å²) in [6.07, 6.45) is 2.39. The Kier molecular flexibility index (Phi) is 3.52. The first-order valence-corrected chi connectivity index (χ1v) is 7.52. The van der Waals surface area contributed by atoms with Crippen molar-refractivity contribution in [1.29, 1.82) is 0 Å². The maximum absolute atomic E-state index is 5.77. The minimum atomic E-state index is 0.569. The molecule has 0 spiro atoms. The van der Waals surface area contributed by atoms with Crippen LogP contribution in [-0.2, 0) is 0 Å². The van der Waals surface area contributed by atoms with Crippen LogP contribution >= 0.6 is 11.3 Å². The Morgan fingerprint density at radius 2 is 2.42 bits per heavy atom. The van der Waals surface area contributed by atoms with E-state index in [9.17, 15) is 0 Å². The number of H-pyrrole nitrogens is 1. The van der Waals surface area contributed by atoms with Gasteiger partial charge in [-0.25, -0.2) is 0 Å². The number of nitrogens with zero attached hydrogens (tertiary/aromatic N) is 3. The lowest BCUT2D eigenvalue weighted by molar-refractivity contribution is 0.420. The van der Waals surface area contributed by atoms with Crippen molar-refractivity contribution in [2.75, 3.05) is 24.5 Å². The average molecular weight is 277 g/mol. The number of hydrogen-bond donors (Lipinski definition) is 2. The first-order valence-electron chi connectivity index (χ1n) is 6.70. The number of aryl methyl sites for hydroxylation is 1. The van der Waals surface area contributed by atoms with E-state index in [2.05, 4.69) is 39.1 Å². The average Bonchev–Trinajstić information content (AvgIpc) is 3.07. The molecule has 2 aromatic heterocycles. The van der Waals surface area contributed by atoms with Crippen molar-refractivity contribution in [3.8, 4) is 10.7 Å². The summed E-state index contributed by atoms with van der Waals surface area (Å²) in [5, 5.41) is 7.39. The highest BCUT2D eigenvalue weighted by Crippen LogP contribution is 2.27. The van der Waals surface area contributed by atoms with Crippen LogP contribution in [0.3, 0.4) is 0 Å². The molecule has 0 radical (unpaired) electrons. The fourth-order valence-corrected chi connectivity index (χ4v) is 3.31. The van der Waals surface area contributed by atoms with Gasteiger partial charge in [0, 0.05) is 18.0 Å². The van der Waals surface area contributed by atoms with Gasteiger partial charge in [-0.15, -0.1) is 16.4 Å². The SMILES string of the molecule is Cc1ccc(-c2nc(N3CCCC(CN)C3)n[nH]2)s1. The van der Waals surface area contributed by atoms with Crippen LogP contribution in [0.2, 0.25) is 0 Å². The number of hydrogen-bond acceptors (Lipinski definition) is 5. The number of nitrogens with two attached hydrogens (primary N) is 1. The van der Waals surface area contributed by atoms with Crippen molar-refractivity contribution in [2.24, 2.45) is 11.7 Å². The van der Waals surface area contributed by atoms with E-state index < -0.39 is 0 Å². The van der Waals surface area contributed by atoms with Crippen LogP contribution in [0.4, 0.5) is 5.95 Å². The van der Waals surface area contributed by atoms with E-state index in [1.54, 1.807) is 11.3 Å². The van der Waals surface area contributed by atoms with Crippen LogP contribution in [0.5, 0.6) is 0 Å². The van der Waals surface area contributed by atoms with Crippen LogP contribution in [0.1, 0.15) is 17.7 Å². The van der Waals surface area contributed by atoms with Gasteiger partial charge in [0.2, 0.25) is 5.95 Å². The molecule has 0 aromatic carbocycles. The molecule has 5 nitrogen and oxygen atoms in total. The maximum Gasteiger partial charge on any atom is 0.245 e. The molecular formula is C13H19N5S. The lowest BCUT2D eigenvalue weighted by Crippen LogP contribution is -2.38. The third-order valence-electron chi connectivity index (χ3n) is 3.58. The summed E-state index contributed by atoms with van der Waals surface area (Å²) in [4.78, 5) is 9.28. The van der Waals surface area contributed by atoms with Crippen molar-refractivity contribution in [3.63, 3.8) is 0 Å². The van der Waals surface area contributed by atoms with E-state index in [0.29, 0.717) is 5.92 Å². The first-order chi connectivity index (χ1) is 9.26. The standard InChI is InChI=1S/C13H19N5S/c1-9-4-5-11(19-9)12-15-13(17-16-12)18-6-2-3-10(7-14)8-18/h4-5,10H,2-3,6-8,14H2,1H3,(H,15,16,17). The predicted octanol–water partition coefficient (Wildman–Crippen LogP) is 2.02. The summed E-state index contributed by atoms with van der Waals surface area (Å²) in [6, 6.07) is 4.19. The van der Waals surface area contributed by atoms with E-state index in [0.717, 1.165) is 36.3 Å². The number of anilines is 1. The molecule has 19 heavy (non-hydrogen) atoms. The van der Waals surface area contributed by atoms with Gasteiger partial charge in [0.15, 0.2) is 5.82 Å². The third kappa shape index (κ3) is 2.64. The molecule has 1 atom stereocenters. The Hall–Kier alpha value is -1.40. The number of nitrogens with one attached hydrogen (secondary N) is 1. The van der Waals surface area contributed by atoms with E-state index in [-0.39, 0.29) is 0 Å². The molecule has 102 valence electrons. The van der Waals surface area contributed by atoms with E-state index in [4.69, 9.17) is 5.73 Å². The second kappa shape index (κ2) is 5.30. The zero-order valence-corrected chi connectivity index (χ0v) is 11.9. The molecule has 0 bridgehead atoms. The highest BCUT2D eigenvalue weighted by molar-refractivity contribution is 7.15. The fourth-order valence-electron chi connectivity index (χ4n) is 2.51. The van der Waals surface area contributed by atoms with Gasteiger partial charge in [-0.05, 0) is 44.4 Å². The zero-order chi connectivity index (χ0) is 13.2. The van der Waals surface area contributed by atoms with Crippen molar-refractivity contribution in [2.45, 2.75) is 19.8 Å². The predicted molar refractivity (Wildman–Crippen MR) is 78.4 cm³/mol. The van der Waals surface area contributed by atoms with E-state index in [1.807, 2.05) is 0 Å². The summed E-state index contributed by atoms with van der Waals surface area (Å²) in [5.74, 6) is 2.24. The molecule has 1 fully saturated rings. The molecule has 0 aliphatic carbocycles. The summed E-state index contributed by atoms with van der Waals surface area (Å²) in [5.41, 5.74) is 5.77. The second-order valence-corrected chi connectivity index (χ2v) is 6.37. The van der Waals surface area contributed by atoms with Crippen LogP contribution in [-0.4, -0.2) is 34.8 Å². The number of rotatable bonds is 3. The Morgan fingerprint density at radius 1 is 1.53 bits per heavy atom.